The van der Waals surface area contributed by atoms with E-state index >= 15 is 0 Å². The van der Waals surface area contributed by atoms with Crippen LogP contribution < -0.4 is 0 Å². The molecule has 1 saturated carbocycles. The van der Waals surface area contributed by atoms with Gasteiger partial charge in [0, 0.05) is 64.2 Å². The van der Waals surface area contributed by atoms with Crippen molar-refractivity contribution in [2.75, 3.05) is 39.3 Å². The van der Waals surface area contributed by atoms with Gasteiger partial charge in [-0.3, -0.25) is 14.7 Å². The van der Waals surface area contributed by atoms with Crippen LogP contribution in [-0.4, -0.2) is 82.7 Å². The van der Waals surface area contributed by atoms with Crippen LogP contribution in [0.4, 0.5) is 31.1 Å². The molecule has 0 aromatic carbocycles. The van der Waals surface area contributed by atoms with E-state index < -0.39 is 29.6 Å². The fourth-order valence-corrected chi connectivity index (χ4v) is 6.75. The van der Waals surface area contributed by atoms with Gasteiger partial charge < -0.3 is 14.5 Å². The molecular weight excluding hydrogens is 554 g/mol. The van der Waals surface area contributed by atoms with Gasteiger partial charge in [-0.1, -0.05) is 6.07 Å². The number of pyridine rings is 1. The molecule has 1 aromatic heterocycles. The molecule has 1 spiro atoms. The van der Waals surface area contributed by atoms with Crippen LogP contribution >= 0.6 is 0 Å². The third-order valence-electron chi connectivity index (χ3n) is 9.27. The third-order valence-corrected chi connectivity index (χ3v) is 9.27. The van der Waals surface area contributed by atoms with Gasteiger partial charge >= 0.3 is 18.4 Å². The highest BCUT2D eigenvalue weighted by atomic mass is 19.4. The first kappa shape index (κ1) is 29.9. The number of halogens is 6. The summed E-state index contributed by atoms with van der Waals surface area (Å²) in [5.74, 6) is -1.29. The molecule has 3 saturated heterocycles. The fourth-order valence-electron chi connectivity index (χ4n) is 6.75. The molecule has 0 radical (unpaired) electrons. The van der Waals surface area contributed by atoms with Crippen molar-refractivity contribution in [3.63, 3.8) is 0 Å². The minimum Gasteiger partial charge on any atom is -0.441 e. The summed E-state index contributed by atoms with van der Waals surface area (Å²) < 4.78 is 83.0. The number of rotatable bonds is 5. The molecule has 5 rings (SSSR count). The van der Waals surface area contributed by atoms with Crippen molar-refractivity contribution < 1.29 is 40.7 Å². The van der Waals surface area contributed by atoms with Gasteiger partial charge in [0.15, 0.2) is 0 Å². The van der Waals surface area contributed by atoms with Crippen LogP contribution in [0.2, 0.25) is 0 Å². The van der Waals surface area contributed by atoms with E-state index in [4.69, 9.17) is 4.74 Å². The van der Waals surface area contributed by atoms with Crippen LogP contribution in [-0.2, 0) is 22.3 Å². The number of hydrogen-bond donors (Lipinski definition) is 0. The predicted octanol–water partition coefficient (Wildman–Crippen LogP) is 5.49. The molecule has 1 aliphatic carbocycles. The number of hydrogen-bond acceptors (Lipinski definition) is 5. The highest BCUT2D eigenvalue weighted by Crippen LogP contribution is 2.38. The first-order valence-corrected chi connectivity index (χ1v) is 14.4. The number of piperidine rings is 2. The van der Waals surface area contributed by atoms with Crippen LogP contribution in [0, 0.1) is 17.8 Å². The summed E-state index contributed by atoms with van der Waals surface area (Å²) in [4.78, 5) is 34.6. The van der Waals surface area contributed by atoms with E-state index in [9.17, 15) is 35.9 Å². The van der Waals surface area contributed by atoms with Crippen LogP contribution in [0.5, 0.6) is 0 Å². The standard InChI is InChI=1S/C28H36F6N4O3/c29-27(30,31)22-7-11-37(12-8-22)24(39)21-4-1-19(2-5-21)17-38-18-26(41-25(38)40)9-13-36(14-10-26)16-20-3-6-23(35-15-20)28(32,33)34/h3,6,15,19,21-22H,1-2,4-5,7-14,16-18H2. The lowest BCUT2D eigenvalue weighted by atomic mass is 9.80. The monoisotopic (exact) mass is 590 g/mol. The van der Waals surface area contributed by atoms with Gasteiger partial charge in [0.05, 0.1) is 12.5 Å². The van der Waals surface area contributed by atoms with E-state index in [2.05, 4.69) is 9.88 Å². The zero-order valence-electron chi connectivity index (χ0n) is 22.9. The van der Waals surface area contributed by atoms with Crippen molar-refractivity contribution in [2.45, 2.75) is 75.9 Å². The molecule has 2 amide bonds. The molecule has 0 atom stereocenters. The Balaban J connectivity index is 1.04. The Kier molecular flexibility index (Phi) is 8.46. The van der Waals surface area contributed by atoms with Crippen LogP contribution in [0.15, 0.2) is 18.3 Å². The molecule has 41 heavy (non-hydrogen) atoms. The highest BCUT2D eigenvalue weighted by molar-refractivity contribution is 5.79. The zero-order valence-corrected chi connectivity index (χ0v) is 22.9. The number of amides is 2. The topological polar surface area (TPSA) is 66.0 Å². The second-order valence-electron chi connectivity index (χ2n) is 12.1. The number of ether oxygens (including phenoxy) is 1. The van der Waals surface area contributed by atoms with Gasteiger partial charge in [-0.25, -0.2) is 4.79 Å². The molecule has 0 unspecified atom stereocenters. The van der Waals surface area contributed by atoms with Crippen LogP contribution in [0.1, 0.15) is 62.6 Å². The predicted molar refractivity (Wildman–Crippen MR) is 135 cm³/mol. The van der Waals surface area contributed by atoms with E-state index in [0.717, 1.165) is 18.9 Å². The van der Waals surface area contributed by atoms with Crippen molar-refractivity contribution in [1.29, 1.82) is 0 Å². The summed E-state index contributed by atoms with van der Waals surface area (Å²) in [6.07, 6.45) is -3.65. The van der Waals surface area contributed by atoms with Crippen molar-refractivity contribution in [3.8, 4) is 0 Å². The smallest absolute Gasteiger partial charge is 0.433 e. The van der Waals surface area contributed by atoms with E-state index in [0.29, 0.717) is 64.0 Å². The largest absolute Gasteiger partial charge is 0.441 e. The summed E-state index contributed by atoms with van der Waals surface area (Å²) in [7, 11) is 0. The quantitative estimate of drug-likeness (QED) is 0.425. The lowest BCUT2D eigenvalue weighted by molar-refractivity contribution is -0.187. The van der Waals surface area contributed by atoms with Gasteiger partial charge in [0.1, 0.15) is 11.3 Å². The molecule has 4 aliphatic rings. The first-order chi connectivity index (χ1) is 19.3. The van der Waals surface area contributed by atoms with Crippen LogP contribution in [0.25, 0.3) is 0 Å². The Hall–Kier alpha value is -2.57. The van der Waals surface area contributed by atoms with Crippen molar-refractivity contribution >= 4 is 12.0 Å². The van der Waals surface area contributed by atoms with E-state index in [-0.39, 0.29) is 49.8 Å². The van der Waals surface area contributed by atoms with E-state index in [1.165, 1.54) is 12.3 Å². The number of carbonyl (C=O) groups excluding carboxylic acids is 2. The summed E-state index contributed by atoms with van der Waals surface area (Å²) in [6.45, 7) is 3.13. The fraction of sp³-hybridized carbons (Fsp3) is 0.750. The normalized spacial score (nSPS) is 26.4. The molecule has 7 nitrogen and oxygen atoms in total. The number of carbonyl (C=O) groups is 2. The first-order valence-electron chi connectivity index (χ1n) is 14.4. The molecule has 3 aliphatic heterocycles. The molecule has 4 heterocycles. The summed E-state index contributed by atoms with van der Waals surface area (Å²) >= 11 is 0. The minimum atomic E-state index is -4.47. The lowest BCUT2D eigenvalue weighted by Gasteiger charge is -2.38. The maximum absolute atomic E-state index is 12.9. The molecule has 4 fully saturated rings. The Morgan fingerprint density at radius 1 is 0.951 bits per heavy atom. The average Bonchev–Trinajstić information content (AvgIpc) is 3.23. The van der Waals surface area contributed by atoms with Gasteiger partial charge in [0.25, 0.3) is 0 Å². The van der Waals surface area contributed by atoms with Crippen LogP contribution in [0.3, 0.4) is 0 Å². The second-order valence-corrected chi connectivity index (χ2v) is 12.1. The van der Waals surface area contributed by atoms with Crippen molar-refractivity contribution in [3.05, 3.63) is 29.6 Å². The SMILES string of the molecule is O=C1OC2(CCN(Cc3ccc(C(F)(F)F)nc3)CC2)CN1CC1CCC(C(=O)N2CCC(C(F)(F)F)CC2)CC1. The van der Waals surface area contributed by atoms with Gasteiger partial charge in [0.2, 0.25) is 5.91 Å². The Labute approximate surface area is 235 Å². The number of alkyl halides is 6. The summed E-state index contributed by atoms with van der Waals surface area (Å²) in [5.41, 5.74) is -0.790. The highest BCUT2D eigenvalue weighted by Gasteiger charge is 2.48. The van der Waals surface area contributed by atoms with Crippen molar-refractivity contribution in [2.24, 2.45) is 17.8 Å². The number of likely N-dealkylation sites (tertiary alicyclic amines) is 2. The molecule has 13 heteroatoms. The Morgan fingerprint density at radius 2 is 1.61 bits per heavy atom. The summed E-state index contributed by atoms with van der Waals surface area (Å²) in [6, 6.07) is 2.43. The van der Waals surface area contributed by atoms with Crippen molar-refractivity contribution in [1.82, 2.24) is 19.7 Å². The number of nitrogens with zero attached hydrogens (tertiary/aromatic N) is 4. The average molecular weight is 591 g/mol. The minimum absolute atomic E-state index is 0.0343. The molecule has 0 bridgehead atoms. The zero-order chi connectivity index (χ0) is 29.4. The Morgan fingerprint density at radius 3 is 2.17 bits per heavy atom. The van der Waals surface area contributed by atoms with E-state index in [1.807, 2.05) is 0 Å². The molecule has 228 valence electrons. The Bertz CT molecular complexity index is 1070. The van der Waals surface area contributed by atoms with Gasteiger partial charge in [-0.15, -0.1) is 0 Å². The lowest BCUT2D eigenvalue weighted by Crippen LogP contribution is -2.47. The summed E-state index contributed by atoms with van der Waals surface area (Å²) in [5, 5.41) is 0. The molecular formula is C28H36F6N4O3. The van der Waals surface area contributed by atoms with Gasteiger partial charge in [-0.05, 0) is 56.1 Å². The molecule has 0 N–H and O–H groups in total. The number of aromatic nitrogens is 1. The van der Waals surface area contributed by atoms with Gasteiger partial charge in [-0.2, -0.15) is 26.3 Å². The maximum Gasteiger partial charge on any atom is 0.433 e. The van der Waals surface area contributed by atoms with E-state index in [1.54, 1.807) is 9.80 Å². The maximum atomic E-state index is 12.9. The molecule has 1 aromatic rings. The third kappa shape index (κ3) is 7.09. The second kappa shape index (κ2) is 11.6.